The van der Waals surface area contributed by atoms with Crippen molar-refractivity contribution in [1.82, 2.24) is 19.9 Å². The predicted octanol–water partition coefficient (Wildman–Crippen LogP) is 2.56. The smallest absolute Gasteiger partial charge is 0.115 e. The lowest BCUT2D eigenvalue weighted by Crippen LogP contribution is -2.34. The minimum absolute atomic E-state index is 0.532. The molecule has 0 radical (unpaired) electrons. The lowest BCUT2D eigenvalue weighted by Gasteiger charge is -2.32. The lowest BCUT2D eigenvalue weighted by atomic mass is 9.94. The zero-order chi connectivity index (χ0) is 13.8. The third-order valence-corrected chi connectivity index (χ3v) is 3.87. The summed E-state index contributed by atoms with van der Waals surface area (Å²) in [5, 5.41) is 0. The minimum atomic E-state index is 0.532. The first-order valence-electron chi connectivity index (χ1n) is 7.20. The minimum Gasteiger partial charge on any atom is -0.298 e. The molecule has 2 aromatic heterocycles. The Balaban J connectivity index is 1.66. The molecule has 0 aromatic carbocycles. The first-order valence-corrected chi connectivity index (χ1v) is 7.20. The summed E-state index contributed by atoms with van der Waals surface area (Å²) >= 11 is 0. The van der Waals surface area contributed by atoms with Gasteiger partial charge in [-0.2, -0.15) is 0 Å². The van der Waals surface area contributed by atoms with Crippen LogP contribution < -0.4 is 0 Å². The van der Waals surface area contributed by atoms with Gasteiger partial charge in [0.15, 0.2) is 0 Å². The Morgan fingerprint density at radius 1 is 1.30 bits per heavy atom. The lowest BCUT2D eigenvalue weighted by molar-refractivity contribution is 0.198. The third-order valence-electron chi connectivity index (χ3n) is 3.87. The molecule has 2 aromatic rings. The highest BCUT2D eigenvalue weighted by molar-refractivity contribution is 5.17. The van der Waals surface area contributed by atoms with Gasteiger partial charge in [-0.3, -0.25) is 9.88 Å². The molecule has 4 nitrogen and oxygen atoms in total. The maximum Gasteiger partial charge on any atom is 0.115 e. The fourth-order valence-electron chi connectivity index (χ4n) is 2.95. The molecular formula is C16H20N4. The van der Waals surface area contributed by atoms with Gasteiger partial charge in [-0.25, -0.2) is 9.97 Å². The summed E-state index contributed by atoms with van der Waals surface area (Å²) in [4.78, 5) is 15.2. The Bertz CT molecular complexity index is 555. The quantitative estimate of drug-likeness (QED) is 0.858. The predicted molar refractivity (Wildman–Crippen MR) is 78.3 cm³/mol. The fraction of sp³-hybridized carbons (Fsp3) is 0.438. The Labute approximate surface area is 119 Å². The van der Waals surface area contributed by atoms with E-state index in [0.717, 1.165) is 19.6 Å². The molecule has 1 unspecified atom stereocenters. The van der Waals surface area contributed by atoms with Gasteiger partial charge >= 0.3 is 0 Å². The summed E-state index contributed by atoms with van der Waals surface area (Å²) in [7, 11) is 0. The molecular weight excluding hydrogens is 248 g/mol. The van der Waals surface area contributed by atoms with E-state index in [0.29, 0.717) is 5.92 Å². The third kappa shape index (κ3) is 3.20. The van der Waals surface area contributed by atoms with Crippen molar-refractivity contribution in [3.05, 3.63) is 53.9 Å². The molecule has 20 heavy (non-hydrogen) atoms. The molecule has 104 valence electrons. The molecule has 1 aliphatic rings. The van der Waals surface area contributed by atoms with Gasteiger partial charge in [-0.05, 0) is 43.5 Å². The van der Waals surface area contributed by atoms with Gasteiger partial charge in [0.1, 0.15) is 6.33 Å². The van der Waals surface area contributed by atoms with Gasteiger partial charge in [0.05, 0.1) is 0 Å². The molecule has 1 atom stereocenters. The molecule has 4 heteroatoms. The number of aryl methyl sites for hydroxylation is 1. The van der Waals surface area contributed by atoms with Crippen LogP contribution in [-0.4, -0.2) is 32.9 Å². The Morgan fingerprint density at radius 3 is 3.05 bits per heavy atom. The van der Waals surface area contributed by atoms with E-state index in [1.807, 2.05) is 24.7 Å². The van der Waals surface area contributed by atoms with E-state index in [1.54, 1.807) is 6.33 Å². The van der Waals surface area contributed by atoms with Crippen molar-refractivity contribution in [3.8, 4) is 0 Å². The average molecular weight is 268 g/mol. The first-order chi connectivity index (χ1) is 9.81. The van der Waals surface area contributed by atoms with Gasteiger partial charge in [0.25, 0.3) is 0 Å². The van der Waals surface area contributed by atoms with Crippen LogP contribution in [0.5, 0.6) is 0 Å². The van der Waals surface area contributed by atoms with Gasteiger partial charge in [-0.15, -0.1) is 0 Å². The Hall–Kier alpha value is -1.81. The highest BCUT2D eigenvalue weighted by atomic mass is 15.1. The summed E-state index contributed by atoms with van der Waals surface area (Å²) < 4.78 is 0. The van der Waals surface area contributed by atoms with Crippen LogP contribution in [0.1, 0.15) is 35.6 Å². The number of rotatable bonds is 3. The van der Waals surface area contributed by atoms with Crippen molar-refractivity contribution in [2.75, 3.05) is 13.1 Å². The molecule has 0 amide bonds. The van der Waals surface area contributed by atoms with Crippen LogP contribution in [0.2, 0.25) is 0 Å². The van der Waals surface area contributed by atoms with Crippen LogP contribution >= 0.6 is 0 Å². The van der Waals surface area contributed by atoms with Gasteiger partial charge < -0.3 is 0 Å². The van der Waals surface area contributed by atoms with Crippen LogP contribution in [0.4, 0.5) is 0 Å². The number of pyridine rings is 1. The van der Waals surface area contributed by atoms with Crippen LogP contribution in [-0.2, 0) is 6.54 Å². The van der Waals surface area contributed by atoms with Crippen molar-refractivity contribution in [2.45, 2.75) is 32.2 Å². The summed E-state index contributed by atoms with van der Waals surface area (Å²) in [6.45, 7) is 5.31. The highest BCUT2D eigenvalue weighted by Gasteiger charge is 2.22. The van der Waals surface area contributed by atoms with E-state index >= 15 is 0 Å². The van der Waals surface area contributed by atoms with E-state index in [9.17, 15) is 0 Å². The Kier molecular flexibility index (Phi) is 4.02. The van der Waals surface area contributed by atoms with E-state index in [4.69, 9.17) is 0 Å². The maximum atomic E-state index is 4.41. The van der Waals surface area contributed by atoms with Crippen LogP contribution in [0.15, 0.2) is 37.1 Å². The zero-order valence-corrected chi connectivity index (χ0v) is 11.9. The molecule has 1 saturated heterocycles. The molecule has 0 aliphatic carbocycles. The molecule has 0 saturated carbocycles. The van der Waals surface area contributed by atoms with E-state index in [1.165, 1.54) is 29.7 Å². The van der Waals surface area contributed by atoms with Crippen molar-refractivity contribution >= 4 is 0 Å². The van der Waals surface area contributed by atoms with Crippen LogP contribution in [0, 0.1) is 6.92 Å². The fourth-order valence-corrected chi connectivity index (χ4v) is 2.95. The van der Waals surface area contributed by atoms with Crippen LogP contribution in [0.25, 0.3) is 0 Å². The average Bonchev–Trinajstić information content (AvgIpc) is 2.48. The number of aromatic nitrogens is 3. The second kappa shape index (κ2) is 6.09. The summed E-state index contributed by atoms with van der Waals surface area (Å²) in [5.74, 6) is 0.532. The van der Waals surface area contributed by atoms with Crippen molar-refractivity contribution in [2.24, 2.45) is 0 Å². The van der Waals surface area contributed by atoms with Crippen molar-refractivity contribution in [1.29, 1.82) is 0 Å². The first kappa shape index (κ1) is 13.2. The van der Waals surface area contributed by atoms with Crippen LogP contribution in [0.3, 0.4) is 0 Å². The standard InChI is InChI=1S/C16H20N4/c1-13-7-14(9-18-8-13)10-20-6-2-3-15(11-20)16-4-5-17-12-19-16/h4-5,7-9,12,15H,2-3,6,10-11H2,1H3. The second-order valence-electron chi connectivity index (χ2n) is 5.58. The molecule has 3 heterocycles. The number of likely N-dealkylation sites (tertiary alicyclic amines) is 1. The molecule has 0 spiro atoms. The van der Waals surface area contributed by atoms with Gasteiger partial charge in [0.2, 0.25) is 0 Å². The second-order valence-corrected chi connectivity index (χ2v) is 5.58. The van der Waals surface area contributed by atoms with Crippen molar-refractivity contribution in [3.63, 3.8) is 0 Å². The summed E-state index contributed by atoms with van der Waals surface area (Å²) in [5.41, 5.74) is 3.70. The summed E-state index contributed by atoms with van der Waals surface area (Å²) in [6.07, 6.45) is 9.82. The number of hydrogen-bond acceptors (Lipinski definition) is 4. The SMILES string of the molecule is Cc1cncc(CN2CCCC(c3ccncn3)C2)c1. The van der Waals surface area contributed by atoms with E-state index in [2.05, 4.69) is 32.8 Å². The normalized spacial score (nSPS) is 19.9. The number of hydrogen-bond donors (Lipinski definition) is 0. The molecule has 0 N–H and O–H groups in total. The van der Waals surface area contributed by atoms with E-state index in [-0.39, 0.29) is 0 Å². The monoisotopic (exact) mass is 268 g/mol. The number of nitrogens with zero attached hydrogens (tertiary/aromatic N) is 4. The number of piperidine rings is 1. The summed E-state index contributed by atoms with van der Waals surface area (Å²) in [6, 6.07) is 4.27. The topological polar surface area (TPSA) is 41.9 Å². The van der Waals surface area contributed by atoms with Gasteiger partial charge in [0, 0.05) is 43.3 Å². The van der Waals surface area contributed by atoms with Crippen molar-refractivity contribution < 1.29 is 0 Å². The maximum absolute atomic E-state index is 4.41. The molecule has 1 aliphatic heterocycles. The molecule has 0 bridgehead atoms. The largest absolute Gasteiger partial charge is 0.298 e. The molecule has 1 fully saturated rings. The van der Waals surface area contributed by atoms with E-state index < -0.39 is 0 Å². The Morgan fingerprint density at radius 2 is 2.25 bits per heavy atom. The van der Waals surface area contributed by atoms with Gasteiger partial charge in [-0.1, -0.05) is 6.07 Å². The molecule has 3 rings (SSSR count). The highest BCUT2D eigenvalue weighted by Crippen LogP contribution is 2.26. The zero-order valence-electron chi connectivity index (χ0n) is 11.9.